The van der Waals surface area contributed by atoms with E-state index < -0.39 is 0 Å². The molecule has 3 rings (SSSR count). The Labute approximate surface area is 130 Å². The van der Waals surface area contributed by atoms with Gasteiger partial charge in [-0.05, 0) is 35.1 Å². The Morgan fingerprint density at radius 1 is 0.950 bits per heavy atom. The molecule has 0 nitrogen and oxygen atoms in total. The van der Waals surface area contributed by atoms with Crippen molar-refractivity contribution in [1.29, 1.82) is 0 Å². The van der Waals surface area contributed by atoms with Crippen LogP contribution in [0.1, 0.15) is 44.1 Å². The molecule has 0 spiro atoms. The topological polar surface area (TPSA) is 0 Å². The Balaban J connectivity index is 1.62. The van der Waals surface area contributed by atoms with Crippen molar-refractivity contribution in [2.45, 2.75) is 49.8 Å². The molecular formula is C19H23Br. The molecule has 0 radical (unpaired) electrons. The molecule has 0 aromatic heterocycles. The van der Waals surface area contributed by atoms with Crippen molar-refractivity contribution in [2.24, 2.45) is 5.92 Å². The van der Waals surface area contributed by atoms with E-state index in [4.69, 9.17) is 0 Å². The number of hydrogen-bond donors (Lipinski definition) is 0. The van der Waals surface area contributed by atoms with Crippen molar-refractivity contribution < 1.29 is 0 Å². The summed E-state index contributed by atoms with van der Waals surface area (Å²) in [4.78, 5) is 0.631. The molecule has 2 aromatic rings. The van der Waals surface area contributed by atoms with Crippen molar-refractivity contribution in [3.05, 3.63) is 48.0 Å². The minimum Gasteiger partial charge on any atom is -0.0887 e. The first-order valence-corrected chi connectivity index (χ1v) is 8.84. The molecule has 20 heavy (non-hydrogen) atoms. The summed E-state index contributed by atoms with van der Waals surface area (Å²) in [5.41, 5.74) is 1.46. The highest BCUT2D eigenvalue weighted by Crippen LogP contribution is 2.30. The van der Waals surface area contributed by atoms with Crippen molar-refractivity contribution in [3.8, 4) is 0 Å². The van der Waals surface area contributed by atoms with Gasteiger partial charge in [-0.15, -0.1) is 0 Å². The van der Waals surface area contributed by atoms with Gasteiger partial charge < -0.3 is 0 Å². The van der Waals surface area contributed by atoms with E-state index in [2.05, 4.69) is 58.4 Å². The Morgan fingerprint density at radius 3 is 2.50 bits per heavy atom. The summed E-state index contributed by atoms with van der Waals surface area (Å²) in [6, 6.07) is 15.5. The fourth-order valence-electron chi connectivity index (χ4n) is 3.49. The van der Waals surface area contributed by atoms with E-state index in [1.807, 2.05) is 0 Å². The molecule has 106 valence electrons. The predicted octanol–water partition coefficient (Wildman–Crippen LogP) is 6.12. The summed E-state index contributed by atoms with van der Waals surface area (Å²) in [5.74, 6) is 0.952. The van der Waals surface area contributed by atoms with Crippen LogP contribution in [-0.2, 0) is 6.42 Å². The molecule has 0 amide bonds. The van der Waals surface area contributed by atoms with Gasteiger partial charge in [0.1, 0.15) is 0 Å². The zero-order valence-corrected chi connectivity index (χ0v) is 13.6. The normalized spacial score (nSPS) is 18.2. The van der Waals surface area contributed by atoms with Crippen LogP contribution >= 0.6 is 15.9 Å². The van der Waals surface area contributed by atoms with Crippen LogP contribution in [0.2, 0.25) is 0 Å². The van der Waals surface area contributed by atoms with Crippen molar-refractivity contribution in [1.82, 2.24) is 0 Å². The molecule has 1 unspecified atom stereocenters. The Kier molecular flexibility index (Phi) is 4.77. The highest BCUT2D eigenvalue weighted by Gasteiger charge is 2.17. The van der Waals surface area contributed by atoms with Gasteiger partial charge in [-0.3, -0.25) is 0 Å². The lowest BCUT2D eigenvalue weighted by Gasteiger charge is -2.24. The first-order chi connectivity index (χ1) is 9.81. The average molecular weight is 331 g/mol. The summed E-state index contributed by atoms with van der Waals surface area (Å²) in [6.07, 6.45) is 9.72. The van der Waals surface area contributed by atoms with Gasteiger partial charge in [0.05, 0.1) is 0 Å². The van der Waals surface area contributed by atoms with Gasteiger partial charge in [0, 0.05) is 4.83 Å². The molecule has 0 aliphatic heterocycles. The third-order valence-electron chi connectivity index (χ3n) is 4.58. The first kappa shape index (κ1) is 14.1. The van der Waals surface area contributed by atoms with Crippen LogP contribution in [0.5, 0.6) is 0 Å². The largest absolute Gasteiger partial charge is 0.0887 e. The average Bonchev–Trinajstić information content (AvgIpc) is 2.48. The molecule has 0 saturated heterocycles. The zero-order valence-electron chi connectivity index (χ0n) is 12.0. The minimum absolute atomic E-state index is 0.631. The lowest BCUT2D eigenvalue weighted by Crippen LogP contribution is -2.13. The first-order valence-electron chi connectivity index (χ1n) is 7.93. The molecule has 0 heterocycles. The Hall–Kier alpha value is -0.820. The zero-order chi connectivity index (χ0) is 13.8. The highest BCUT2D eigenvalue weighted by molar-refractivity contribution is 9.09. The summed E-state index contributed by atoms with van der Waals surface area (Å²) >= 11 is 3.91. The third kappa shape index (κ3) is 3.63. The van der Waals surface area contributed by atoms with E-state index in [-0.39, 0.29) is 0 Å². The smallest absolute Gasteiger partial charge is 0.0188 e. The maximum atomic E-state index is 3.91. The van der Waals surface area contributed by atoms with Crippen LogP contribution < -0.4 is 0 Å². The van der Waals surface area contributed by atoms with E-state index in [0.29, 0.717) is 4.83 Å². The summed E-state index contributed by atoms with van der Waals surface area (Å²) in [7, 11) is 0. The Bertz CT molecular complexity index is 554. The quantitative estimate of drug-likeness (QED) is 0.592. The minimum atomic E-state index is 0.631. The number of rotatable bonds is 4. The predicted molar refractivity (Wildman–Crippen MR) is 91.6 cm³/mol. The third-order valence-corrected chi connectivity index (χ3v) is 5.28. The number of alkyl halides is 1. The number of hydrogen-bond acceptors (Lipinski definition) is 0. The monoisotopic (exact) mass is 330 g/mol. The van der Waals surface area contributed by atoms with Crippen LogP contribution in [0.25, 0.3) is 10.8 Å². The van der Waals surface area contributed by atoms with E-state index in [0.717, 1.165) is 12.3 Å². The van der Waals surface area contributed by atoms with Crippen LogP contribution in [0.15, 0.2) is 42.5 Å². The van der Waals surface area contributed by atoms with Gasteiger partial charge in [-0.1, -0.05) is 90.5 Å². The lowest BCUT2D eigenvalue weighted by atomic mass is 9.85. The Morgan fingerprint density at radius 2 is 1.70 bits per heavy atom. The fraction of sp³-hybridized carbons (Fsp3) is 0.474. The fourth-order valence-corrected chi connectivity index (χ4v) is 4.39. The van der Waals surface area contributed by atoms with Crippen molar-refractivity contribution >= 4 is 26.7 Å². The SMILES string of the molecule is BrC(Cc1ccc2ccccc2c1)CC1CCCCC1. The second-order valence-electron chi connectivity index (χ2n) is 6.22. The summed E-state index contributed by atoms with van der Waals surface area (Å²) in [5, 5.41) is 2.71. The standard InChI is InChI=1S/C19H23Br/c20-19(13-15-6-2-1-3-7-15)14-16-10-11-17-8-4-5-9-18(17)12-16/h4-5,8-12,15,19H,1-3,6-7,13-14H2. The molecule has 1 heteroatoms. The van der Waals surface area contributed by atoms with Crippen LogP contribution in [0.3, 0.4) is 0 Å². The van der Waals surface area contributed by atoms with Gasteiger partial charge in [-0.25, -0.2) is 0 Å². The summed E-state index contributed by atoms with van der Waals surface area (Å²) < 4.78 is 0. The van der Waals surface area contributed by atoms with Crippen molar-refractivity contribution in [3.63, 3.8) is 0 Å². The molecule has 0 bridgehead atoms. The second kappa shape index (κ2) is 6.76. The van der Waals surface area contributed by atoms with Gasteiger partial charge in [0.25, 0.3) is 0 Å². The van der Waals surface area contributed by atoms with Crippen LogP contribution in [0.4, 0.5) is 0 Å². The number of benzene rings is 2. The molecule has 1 fully saturated rings. The van der Waals surface area contributed by atoms with E-state index in [1.165, 1.54) is 54.9 Å². The molecule has 1 aliphatic rings. The molecule has 0 N–H and O–H groups in total. The van der Waals surface area contributed by atoms with Gasteiger partial charge >= 0.3 is 0 Å². The van der Waals surface area contributed by atoms with Crippen LogP contribution in [0, 0.1) is 5.92 Å². The molecular weight excluding hydrogens is 308 g/mol. The molecule has 1 aliphatic carbocycles. The van der Waals surface area contributed by atoms with Gasteiger partial charge in [-0.2, -0.15) is 0 Å². The second-order valence-corrected chi connectivity index (χ2v) is 7.52. The molecule has 1 saturated carbocycles. The number of halogens is 1. The lowest BCUT2D eigenvalue weighted by molar-refractivity contribution is 0.337. The van der Waals surface area contributed by atoms with Crippen molar-refractivity contribution in [2.75, 3.05) is 0 Å². The maximum Gasteiger partial charge on any atom is 0.0188 e. The van der Waals surface area contributed by atoms with Crippen LogP contribution in [-0.4, -0.2) is 4.83 Å². The van der Waals surface area contributed by atoms with E-state index in [1.54, 1.807) is 0 Å². The van der Waals surface area contributed by atoms with E-state index in [9.17, 15) is 0 Å². The molecule has 2 aromatic carbocycles. The maximum absolute atomic E-state index is 3.91. The molecule has 1 atom stereocenters. The van der Waals surface area contributed by atoms with E-state index >= 15 is 0 Å². The van der Waals surface area contributed by atoms with Gasteiger partial charge in [0.15, 0.2) is 0 Å². The van der Waals surface area contributed by atoms with Gasteiger partial charge in [0.2, 0.25) is 0 Å². The summed E-state index contributed by atoms with van der Waals surface area (Å²) in [6.45, 7) is 0. The highest BCUT2D eigenvalue weighted by atomic mass is 79.9. The number of fused-ring (bicyclic) bond motifs is 1.